The number of fused-ring (bicyclic) bond motifs is 1. The molecule has 0 spiro atoms. The fourth-order valence-corrected chi connectivity index (χ4v) is 5.01. The molecule has 1 saturated heterocycles. The van der Waals surface area contributed by atoms with Gasteiger partial charge in [-0.2, -0.15) is 0 Å². The number of aliphatic hydroxyl groups is 1. The predicted octanol–water partition coefficient (Wildman–Crippen LogP) is 0.267. The van der Waals surface area contributed by atoms with E-state index in [9.17, 15) is 13.5 Å². The zero-order valence-corrected chi connectivity index (χ0v) is 11.6. The summed E-state index contributed by atoms with van der Waals surface area (Å²) in [6, 6.07) is 0.0119. The van der Waals surface area contributed by atoms with E-state index in [0.29, 0.717) is 18.6 Å². The van der Waals surface area contributed by atoms with Crippen LogP contribution < -0.4 is 0 Å². The quantitative estimate of drug-likeness (QED) is 0.861. The van der Waals surface area contributed by atoms with Crippen LogP contribution in [0.2, 0.25) is 0 Å². The molecule has 0 bridgehead atoms. The Bertz CT molecular complexity index is 567. The van der Waals surface area contributed by atoms with Crippen LogP contribution >= 0.6 is 0 Å². The lowest BCUT2D eigenvalue weighted by Gasteiger charge is -2.24. The number of nitrogens with zero attached hydrogens (tertiary/aromatic N) is 3. The van der Waals surface area contributed by atoms with Gasteiger partial charge in [-0.15, -0.1) is 10.2 Å². The minimum atomic E-state index is -2.96. The molecule has 0 aliphatic carbocycles. The van der Waals surface area contributed by atoms with Crippen LogP contribution in [-0.4, -0.2) is 45.9 Å². The van der Waals surface area contributed by atoms with Crippen molar-refractivity contribution in [3.63, 3.8) is 0 Å². The van der Waals surface area contributed by atoms with Gasteiger partial charge in [0.25, 0.3) is 0 Å². The van der Waals surface area contributed by atoms with Crippen LogP contribution in [-0.2, 0) is 22.7 Å². The third-order valence-corrected chi connectivity index (χ3v) is 6.50. The Balaban J connectivity index is 1.88. The normalized spacial score (nSPS) is 29.3. The second-order valence-corrected chi connectivity index (χ2v) is 7.87. The van der Waals surface area contributed by atoms with Crippen molar-refractivity contribution in [3.05, 3.63) is 11.6 Å². The molecule has 6 nitrogen and oxygen atoms in total. The smallest absolute Gasteiger partial charge is 0.153 e. The van der Waals surface area contributed by atoms with Crippen LogP contribution in [0.1, 0.15) is 43.4 Å². The lowest BCUT2D eigenvalue weighted by atomic mass is 10.0. The molecule has 0 amide bonds. The van der Waals surface area contributed by atoms with E-state index in [0.717, 1.165) is 37.3 Å². The number of hydrogen-bond donors (Lipinski definition) is 1. The van der Waals surface area contributed by atoms with Gasteiger partial charge in [0.2, 0.25) is 0 Å². The maximum absolute atomic E-state index is 11.9. The van der Waals surface area contributed by atoms with Gasteiger partial charge < -0.3 is 9.67 Å². The second-order valence-electron chi connectivity index (χ2n) is 5.47. The van der Waals surface area contributed by atoms with Crippen molar-refractivity contribution in [2.24, 2.45) is 0 Å². The van der Waals surface area contributed by atoms with Crippen molar-refractivity contribution in [1.29, 1.82) is 0 Å². The summed E-state index contributed by atoms with van der Waals surface area (Å²) >= 11 is 0. The van der Waals surface area contributed by atoms with Crippen molar-refractivity contribution < 1.29 is 13.5 Å². The molecule has 1 aromatic heterocycles. The molecular formula is C12H19N3O3S. The maximum Gasteiger partial charge on any atom is 0.153 e. The lowest BCUT2D eigenvalue weighted by molar-refractivity contribution is 0.203. The highest BCUT2D eigenvalue weighted by Gasteiger charge is 2.34. The summed E-state index contributed by atoms with van der Waals surface area (Å²) in [5, 5.41) is 17.4. The maximum atomic E-state index is 11.9. The van der Waals surface area contributed by atoms with E-state index in [2.05, 4.69) is 10.2 Å². The largest absolute Gasteiger partial charge is 0.394 e. The van der Waals surface area contributed by atoms with E-state index in [1.165, 1.54) is 0 Å². The Morgan fingerprint density at radius 2 is 2.11 bits per heavy atom. The fraction of sp³-hybridized carbons (Fsp3) is 0.833. The van der Waals surface area contributed by atoms with Gasteiger partial charge in [0.05, 0.1) is 23.7 Å². The molecular weight excluding hydrogens is 266 g/mol. The number of rotatable bonds is 3. The summed E-state index contributed by atoms with van der Waals surface area (Å²) in [4.78, 5) is 0. The van der Waals surface area contributed by atoms with Crippen molar-refractivity contribution in [3.8, 4) is 0 Å². The number of aliphatic hydroxyl groups excluding tert-OH is 1. The first-order valence-electron chi connectivity index (χ1n) is 6.87. The van der Waals surface area contributed by atoms with Crippen LogP contribution in [0.3, 0.4) is 0 Å². The molecule has 0 radical (unpaired) electrons. The number of aromatic nitrogens is 3. The highest BCUT2D eigenvalue weighted by atomic mass is 32.2. The Morgan fingerprint density at radius 1 is 1.26 bits per heavy atom. The summed E-state index contributed by atoms with van der Waals surface area (Å²) in [7, 11) is -2.96. The first-order chi connectivity index (χ1) is 9.12. The van der Waals surface area contributed by atoms with E-state index < -0.39 is 9.84 Å². The summed E-state index contributed by atoms with van der Waals surface area (Å²) in [5.74, 6) is 1.90. The fourth-order valence-electron chi connectivity index (χ4n) is 3.18. The lowest BCUT2D eigenvalue weighted by Crippen LogP contribution is -2.26. The highest BCUT2D eigenvalue weighted by Crippen LogP contribution is 2.28. The first-order valence-corrected chi connectivity index (χ1v) is 8.58. The van der Waals surface area contributed by atoms with E-state index in [1.54, 1.807) is 0 Å². The monoisotopic (exact) mass is 285 g/mol. The molecule has 2 unspecified atom stereocenters. The summed E-state index contributed by atoms with van der Waals surface area (Å²) < 4.78 is 25.8. The van der Waals surface area contributed by atoms with Gasteiger partial charge in [-0.3, -0.25) is 0 Å². The molecule has 0 saturated carbocycles. The van der Waals surface area contributed by atoms with E-state index in [4.69, 9.17) is 0 Å². The van der Waals surface area contributed by atoms with Crippen molar-refractivity contribution >= 4 is 9.84 Å². The minimum absolute atomic E-state index is 0.0119. The zero-order chi connectivity index (χ0) is 13.5. The van der Waals surface area contributed by atoms with E-state index in [-0.39, 0.29) is 17.9 Å². The molecule has 1 N–H and O–H groups in total. The Kier molecular flexibility index (Phi) is 3.34. The van der Waals surface area contributed by atoms with Crippen molar-refractivity contribution in [2.75, 3.05) is 12.4 Å². The minimum Gasteiger partial charge on any atom is -0.394 e. The molecule has 3 rings (SSSR count). The zero-order valence-electron chi connectivity index (χ0n) is 10.8. The Morgan fingerprint density at radius 3 is 2.79 bits per heavy atom. The molecule has 7 heteroatoms. The Labute approximate surface area is 112 Å². The second kappa shape index (κ2) is 4.86. The van der Waals surface area contributed by atoms with Gasteiger partial charge in [0.1, 0.15) is 11.6 Å². The van der Waals surface area contributed by atoms with Crippen LogP contribution in [0.25, 0.3) is 0 Å². The third-order valence-electron chi connectivity index (χ3n) is 4.22. The van der Waals surface area contributed by atoms with Gasteiger partial charge in [-0.05, 0) is 25.7 Å². The van der Waals surface area contributed by atoms with Gasteiger partial charge in [0, 0.05) is 12.8 Å². The molecule has 2 aliphatic heterocycles. The molecule has 1 aromatic rings. The van der Waals surface area contributed by atoms with Crippen molar-refractivity contribution in [1.82, 2.24) is 14.8 Å². The van der Waals surface area contributed by atoms with E-state index in [1.807, 2.05) is 4.57 Å². The topological polar surface area (TPSA) is 85.1 Å². The molecule has 2 aliphatic rings. The average Bonchev–Trinajstić information content (AvgIpc) is 2.94. The number of hydrogen-bond acceptors (Lipinski definition) is 5. The highest BCUT2D eigenvalue weighted by molar-refractivity contribution is 7.92. The van der Waals surface area contributed by atoms with E-state index >= 15 is 0 Å². The summed E-state index contributed by atoms with van der Waals surface area (Å²) in [5.41, 5.74) is 0. The van der Waals surface area contributed by atoms with Gasteiger partial charge in [-0.1, -0.05) is 0 Å². The molecule has 2 atom stereocenters. The average molecular weight is 285 g/mol. The molecule has 1 fully saturated rings. The van der Waals surface area contributed by atoms with Crippen LogP contribution in [0, 0.1) is 0 Å². The van der Waals surface area contributed by atoms with Crippen LogP contribution in [0.15, 0.2) is 0 Å². The predicted molar refractivity (Wildman–Crippen MR) is 69.6 cm³/mol. The summed E-state index contributed by atoms with van der Waals surface area (Å²) in [6.45, 7) is 0.0649. The van der Waals surface area contributed by atoms with Crippen LogP contribution in [0.5, 0.6) is 0 Å². The number of sulfone groups is 1. The molecule has 0 aromatic carbocycles. The Hall–Kier alpha value is -0.950. The molecule has 106 valence electrons. The molecule has 3 heterocycles. The van der Waals surface area contributed by atoms with Gasteiger partial charge in [-0.25, -0.2) is 8.42 Å². The van der Waals surface area contributed by atoms with Crippen molar-refractivity contribution in [2.45, 2.75) is 49.8 Å². The SMILES string of the molecule is O=S1(=O)CCCC1Cc1nnc2n1C(CO)CCC2. The summed E-state index contributed by atoms with van der Waals surface area (Å²) in [6.07, 6.45) is 4.68. The molecule has 19 heavy (non-hydrogen) atoms. The van der Waals surface area contributed by atoms with Gasteiger partial charge >= 0.3 is 0 Å². The van der Waals surface area contributed by atoms with Crippen LogP contribution in [0.4, 0.5) is 0 Å². The third kappa shape index (κ3) is 2.29. The first kappa shape index (κ1) is 13.1. The van der Waals surface area contributed by atoms with Gasteiger partial charge in [0.15, 0.2) is 9.84 Å². The number of aryl methyl sites for hydroxylation is 1. The standard InChI is InChI=1S/C12H19N3O3S/c16-8-9-3-1-5-11-13-14-12(15(9)11)7-10-4-2-6-19(10,17)18/h9-10,16H,1-8H2.